The van der Waals surface area contributed by atoms with Gasteiger partial charge in [0.25, 0.3) is 5.91 Å². The van der Waals surface area contributed by atoms with Gasteiger partial charge in [0.15, 0.2) is 5.65 Å². The first kappa shape index (κ1) is 18.9. The van der Waals surface area contributed by atoms with Gasteiger partial charge >= 0.3 is 0 Å². The van der Waals surface area contributed by atoms with Crippen LogP contribution in [0.1, 0.15) is 54.1 Å². The molecular weight excluding hydrogens is 387 g/mol. The summed E-state index contributed by atoms with van der Waals surface area (Å²) in [7, 11) is 0. The molecule has 0 radical (unpaired) electrons. The molecule has 30 heavy (non-hydrogen) atoms. The lowest BCUT2D eigenvalue weighted by atomic mass is 10.1. The van der Waals surface area contributed by atoms with Gasteiger partial charge < -0.3 is 15.3 Å². The fourth-order valence-electron chi connectivity index (χ4n) is 4.53. The third-order valence-corrected chi connectivity index (χ3v) is 6.05. The van der Waals surface area contributed by atoms with Gasteiger partial charge in [-0.3, -0.25) is 9.78 Å². The smallest absolute Gasteiger partial charge is 0.257 e. The SMILES string of the molecule is O=C(N[C@H]1CCC[C@H]1O)c1cnn2ccc(N3CCC[C@@H]3c3cncc(F)c3)nc12. The summed E-state index contributed by atoms with van der Waals surface area (Å²) in [4.78, 5) is 23.6. The average Bonchev–Trinajstić information content (AvgIpc) is 3.47. The van der Waals surface area contributed by atoms with Gasteiger partial charge in [0.05, 0.1) is 30.6 Å². The highest BCUT2D eigenvalue weighted by atomic mass is 19.1. The first-order chi connectivity index (χ1) is 14.6. The molecule has 1 saturated heterocycles. The molecule has 9 heteroatoms. The fraction of sp³-hybridized carbons (Fsp3) is 0.429. The van der Waals surface area contributed by atoms with Crippen molar-refractivity contribution in [3.63, 3.8) is 0 Å². The second-order valence-corrected chi connectivity index (χ2v) is 7.98. The molecule has 0 spiro atoms. The van der Waals surface area contributed by atoms with Gasteiger partial charge in [-0.05, 0) is 49.8 Å². The summed E-state index contributed by atoms with van der Waals surface area (Å²) in [6, 6.07) is 3.11. The standard InChI is InChI=1S/C21H23FN6O2/c22-14-9-13(10-23-11-14)17-4-2-7-27(17)19-6-8-28-20(26-19)15(12-24-28)21(30)25-16-3-1-5-18(16)29/h6,8-12,16-18,29H,1-5,7H2,(H,25,30)/t16-,17+,18+/m0/s1. The van der Waals surface area contributed by atoms with Crippen LogP contribution in [0, 0.1) is 5.82 Å². The Morgan fingerprint density at radius 3 is 2.90 bits per heavy atom. The van der Waals surface area contributed by atoms with Crippen LogP contribution in [-0.4, -0.2) is 49.3 Å². The number of amides is 1. The van der Waals surface area contributed by atoms with Gasteiger partial charge in [-0.2, -0.15) is 5.10 Å². The molecule has 1 aliphatic carbocycles. The van der Waals surface area contributed by atoms with Crippen molar-refractivity contribution in [2.45, 2.75) is 50.3 Å². The minimum atomic E-state index is -0.510. The average molecular weight is 410 g/mol. The number of hydrogen-bond acceptors (Lipinski definition) is 6. The second kappa shape index (κ2) is 7.64. The molecule has 2 N–H and O–H groups in total. The zero-order chi connectivity index (χ0) is 20.7. The van der Waals surface area contributed by atoms with Crippen molar-refractivity contribution in [2.75, 3.05) is 11.4 Å². The van der Waals surface area contributed by atoms with E-state index in [0.29, 0.717) is 23.4 Å². The number of pyridine rings is 1. The molecule has 3 aromatic rings. The van der Waals surface area contributed by atoms with Crippen LogP contribution in [0.5, 0.6) is 0 Å². The summed E-state index contributed by atoms with van der Waals surface area (Å²) in [5, 5.41) is 17.2. The van der Waals surface area contributed by atoms with Crippen LogP contribution < -0.4 is 10.2 Å². The quantitative estimate of drug-likeness (QED) is 0.685. The summed E-state index contributed by atoms with van der Waals surface area (Å²) in [5.74, 6) is 0.0734. The minimum Gasteiger partial charge on any atom is -0.391 e. The van der Waals surface area contributed by atoms with Crippen LogP contribution in [0.3, 0.4) is 0 Å². The predicted molar refractivity (Wildman–Crippen MR) is 108 cm³/mol. The number of aliphatic hydroxyl groups excluding tert-OH is 1. The molecule has 5 rings (SSSR count). The van der Waals surface area contributed by atoms with Crippen molar-refractivity contribution < 1.29 is 14.3 Å². The van der Waals surface area contributed by atoms with Crippen LogP contribution in [0.4, 0.5) is 10.2 Å². The molecule has 0 bridgehead atoms. The molecular formula is C21H23FN6O2. The van der Waals surface area contributed by atoms with Crippen LogP contribution in [0.25, 0.3) is 5.65 Å². The Hall–Kier alpha value is -3.07. The molecule has 2 fully saturated rings. The van der Waals surface area contributed by atoms with E-state index >= 15 is 0 Å². The molecule has 156 valence electrons. The lowest BCUT2D eigenvalue weighted by Crippen LogP contribution is -2.39. The minimum absolute atomic E-state index is 0.0167. The third kappa shape index (κ3) is 3.39. The van der Waals surface area contributed by atoms with Crippen molar-refractivity contribution >= 4 is 17.4 Å². The molecule has 2 aliphatic rings. The van der Waals surface area contributed by atoms with E-state index in [-0.39, 0.29) is 23.8 Å². The molecule has 1 aliphatic heterocycles. The van der Waals surface area contributed by atoms with Gasteiger partial charge in [0, 0.05) is 18.9 Å². The number of halogens is 1. The maximum atomic E-state index is 13.7. The number of rotatable bonds is 4. The second-order valence-electron chi connectivity index (χ2n) is 7.98. The first-order valence-electron chi connectivity index (χ1n) is 10.3. The monoisotopic (exact) mass is 410 g/mol. The molecule has 3 atom stereocenters. The Bertz CT molecular complexity index is 1090. The highest BCUT2D eigenvalue weighted by Gasteiger charge is 2.30. The number of nitrogens with one attached hydrogen (secondary N) is 1. The topological polar surface area (TPSA) is 95.6 Å². The Labute approximate surface area is 172 Å². The van der Waals surface area contributed by atoms with E-state index in [1.807, 2.05) is 6.07 Å². The summed E-state index contributed by atoms with van der Waals surface area (Å²) in [6.07, 6.45) is 9.86. The molecule has 1 saturated carbocycles. The lowest BCUT2D eigenvalue weighted by Gasteiger charge is -2.26. The zero-order valence-corrected chi connectivity index (χ0v) is 16.4. The van der Waals surface area contributed by atoms with Crippen molar-refractivity contribution in [1.29, 1.82) is 0 Å². The number of fused-ring (bicyclic) bond motifs is 1. The van der Waals surface area contributed by atoms with Crippen molar-refractivity contribution in [3.05, 3.63) is 53.9 Å². The Balaban J connectivity index is 1.44. The van der Waals surface area contributed by atoms with Crippen LogP contribution in [0.2, 0.25) is 0 Å². The number of hydrogen-bond donors (Lipinski definition) is 2. The molecule has 4 heterocycles. The summed E-state index contributed by atoms with van der Waals surface area (Å²) < 4.78 is 15.3. The summed E-state index contributed by atoms with van der Waals surface area (Å²) >= 11 is 0. The Morgan fingerprint density at radius 2 is 2.10 bits per heavy atom. The first-order valence-corrected chi connectivity index (χ1v) is 10.3. The van der Waals surface area contributed by atoms with Crippen molar-refractivity contribution in [1.82, 2.24) is 24.9 Å². The van der Waals surface area contributed by atoms with Crippen molar-refractivity contribution in [2.24, 2.45) is 0 Å². The van der Waals surface area contributed by atoms with Gasteiger partial charge in [-0.15, -0.1) is 0 Å². The van der Waals surface area contributed by atoms with Gasteiger partial charge in [-0.25, -0.2) is 13.9 Å². The normalized spacial score (nSPS) is 23.9. The number of carbonyl (C=O) groups excluding carboxylic acids is 1. The largest absolute Gasteiger partial charge is 0.391 e. The third-order valence-electron chi connectivity index (χ3n) is 6.05. The summed E-state index contributed by atoms with van der Waals surface area (Å²) in [5.41, 5.74) is 1.65. The van der Waals surface area contributed by atoms with E-state index in [0.717, 1.165) is 37.8 Å². The maximum absolute atomic E-state index is 13.7. The maximum Gasteiger partial charge on any atom is 0.257 e. The fourth-order valence-corrected chi connectivity index (χ4v) is 4.53. The van der Waals surface area contributed by atoms with Crippen LogP contribution >= 0.6 is 0 Å². The lowest BCUT2D eigenvalue weighted by molar-refractivity contribution is 0.0874. The van der Waals surface area contributed by atoms with Crippen molar-refractivity contribution in [3.8, 4) is 0 Å². The number of carbonyl (C=O) groups is 1. The number of anilines is 1. The van der Waals surface area contributed by atoms with E-state index < -0.39 is 6.10 Å². The molecule has 3 aromatic heterocycles. The van der Waals surface area contributed by atoms with Gasteiger partial charge in [-0.1, -0.05) is 0 Å². The molecule has 1 amide bonds. The predicted octanol–water partition coefficient (Wildman–Crippen LogP) is 2.25. The summed E-state index contributed by atoms with van der Waals surface area (Å²) in [6.45, 7) is 0.786. The molecule has 0 aromatic carbocycles. The highest BCUT2D eigenvalue weighted by Crippen LogP contribution is 2.35. The highest BCUT2D eigenvalue weighted by molar-refractivity contribution is 6.00. The molecule has 0 unspecified atom stereocenters. The van der Waals surface area contributed by atoms with E-state index in [2.05, 4.69) is 20.3 Å². The van der Waals surface area contributed by atoms with E-state index in [4.69, 9.17) is 4.98 Å². The number of aliphatic hydroxyl groups is 1. The van der Waals surface area contributed by atoms with E-state index in [1.54, 1.807) is 16.9 Å². The number of aromatic nitrogens is 4. The van der Waals surface area contributed by atoms with Gasteiger partial charge in [0.2, 0.25) is 0 Å². The Morgan fingerprint density at radius 1 is 1.20 bits per heavy atom. The van der Waals surface area contributed by atoms with Crippen LogP contribution in [0.15, 0.2) is 36.9 Å². The van der Waals surface area contributed by atoms with E-state index in [9.17, 15) is 14.3 Å². The van der Waals surface area contributed by atoms with Gasteiger partial charge in [0.1, 0.15) is 17.2 Å². The van der Waals surface area contributed by atoms with E-state index in [1.165, 1.54) is 18.5 Å². The van der Waals surface area contributed by atoms with Crippen LogP contribution in [-0.2, 0) is 0 Å². The zero-order valence-electron chi connectivity index (χ0n) is 16.4. The Kier molecular flexibility index (Phi) is 4.82. The molecule has 8 nitrogen and oxygen atoms in total. The number of nitrogens with zero attached hydrogens (tertiary/aromatic N) is 5.